The Morgan fingerprint density at radius 3 is 1.49 bits per heavy atom. The minimum Gasteiger partial charge on any atom is -0.375 e. The topological polar surface area (TPSA) is 53.1 Å². The number of aromatic nitrogens is 1. The van der Waals surface area contributed by atoms with Gasteiger partial charge in [0.1, 0.15) is 24.1 Å². The highest BCUT2D eigenvalue weighted by Gasteiger charge is 2.46. The quantitative estimate of drug-likeness (QED) is 0.134. The van der Waals surface area contributed by atoms with Crippen LogP contribution < -0.4 is 4.90 Å². The number of anilines is 1. The average Bonchev–Trinajstić information content (AvgIpc) is 3.11. The van der Waals surface area contributed by atoms with Gasteiger partial charge >= 0.3 is 0 Å². The van der Waals surface area contributed by atoms with Gasteiger partial charge in [-0.15, -0.1) is 0 Å². The van der Waals surface area contributed by atoms with E-state index in [-0.39, 0.29) is 24.4 Å². The Labute approximate surface area is 266 Å². The predicted octanol–water partition coefficient (Wildman–Crippen LogP) is 7.24. The van der Waals surface area contributed by atoms with Gasteiger partial charge in [-0.1, -0.05) is 127 Å². The van der Waals surface area contributed by atoms with Gasteiger partial charge in [0.25, 0.3) is 0 Å². The molecule has 4 atom stereocenters. The molecule has 0 unspecified atom stereocenters. The smallest absolute Gasteiger partial charge is 0.128 e. The molecule has 1 aliphatic heterocycles. The van der Waals surface area contributed by atoms with Crippen LogP contribution in [0.4, 0.5) is 5.82 Å². The lowest BCUT2D eigenvalue weighted by Gasteiger charge is -2.49. The molecule has 1 fully saturated rings. The van der Waals surface area contributed by atoms with Crippen LogP contribution in [0.25, 0.3) is 0 Å². The standard InChI is InChI=1S/C39H40N2O4/c1-5-15-31(16-6-1)26-42-30-35-38(44-28-33-19-9-3-10-20-33)39(45-29-34-21-11-4-12-22-34)36(43-27-32-17-7-2-8-18-32)25-41(35)37-23-13-14-24-40-37/h1-24,35-36,38-39H,25-30H2/t35-,36-,38+,39+/m0/s1. The van der Waals surface area contributed by atoms with Gasteiger partial charge in [0.2, 0.25) is 0 Å². The molecule has 6 rings (SSSR count). The summed E-state index contributed by atoms with van der Waals surface area (Å²) in [6.45, 7) is 2.86. The molecule has 5 aromatic rings. The molecular weight excluding hydrogens is 560 g/mol. The van der Waals surface area contributed by atoms with E-state index in [1.807, 2.05) is 97.2 Å². The van der Waals surface area contributed by atoms with Gasteiger partial charge in [0.15, 0.2) is 0 Å². The maximum absolute atomic E-state index is 6.87. The van der Waals surface area contributed by atoms with Crippen molar-refractivity contribution in [1.29, 1.82) is 0 Å². The van der Waals surface area contributed by atoms with Crippen LogP contribution in [0.3, 0.4) is 0 Å². The normalized spacial score (nSPS) is 19.8. The van der Waals surface area contributed by atoms with Gasteiger partial charge < -0.3 is 23.8 Å². The molecule has 0 aliphatic carbocycles. The SMILES string of the molecule is c1ccc(COC[C@H]2[C@@H](OCc3ccccc3)[C@H](OCc3ccccc3)[C@@H](OCc3ccccc3)CN2c2ccccn2)cc1. The van der Waals surface area contributed by atoms with E-state index in [2.05, 4.69) is 53.4 Å². The second-order valence-corrected chi connectivity index (χ2v) is 11.3. The maximum Gasteiger partial charge on any atom is 0.128 e. The first-order chi connectivity index (χ1) is 22.3. The van der Waals surface area contributed by atoms with Gasteiger partial charge in [-0.05, 0) is 34.4 Å². The van der Waals surface area contributed by atoms with E-state index in [1.165, 1.54) is 0 Å². The number of benzene rings is 4. The molecular formula is C39H40N2O4. The van der Waals surface area contributed by atoms with Gasteiger partial charge in [-0.2, -0.15) is 0 Å². The van der Waals surface area contributed by atoms with Crippen molar-refractivity contribution < 1.29 is 18.9 Å². The van der Waals surface area contributed by atoms with Crippen molar-refractivity contribution in [2.24, 2.45) is 0 Å². The summed E-state index contributed by atoms with van der Waals surface area (Å²) < 4.78 is 26.8. The van der Waals surface area contributed by atoms with Crippen LogP contribution in [0.1, 0.15) is 22.3 Å². The number of ether oxygens (including phenoxy) is 4. The van der Waals surface area contributed by atoms with Crippen LogP contribution in [0.2, 0.25) is 0 Å². The van der Waals surface area contributed by atoms with Crippen LogP contribution in [0.15, 0.2) is 146 Å². The fourth-order valence-electron chi connectivity index (χ4n) is 5.75. The van der Waals surface area contributed by atoms with E-state index in [0.717, 1.165) is 28.1 Å². The zero-order valence-electron chi connectivity index (χ0n) is 25.4. The number of rotatable bonds is 14. The minimum atomic E-state index is -0.374. The van der Waals surface area contributed by atoms with Crippen molar-refractivity contribution in [3.63, 3.8) is 0 Å². The molecule has 230 valence electrons. The zero-order chi connectivity index (χ0) is 30.5. The second-order valence-electron chi connectivity index (χ2n) is 11.3. The molecule has 4 aromatic carbocycles. The number of pyridine rings is 1. The van der Waals surface area contributed by atoms with Crippen LogP contribution in [0.5, 0.6) is 0 Å². The zero-order valence-corrected chi connectivity index (χ0v) is 25.4. The Morgan fingerprint density at radius 2 is 0.978 bits per heavy atom. The third-order valence-corrected chi connectivity index (χ3v) is 8.07. The van der Waals surface area contributed by atoms with Crippen molar-refractivity contribution in [2.45, 2.75) is 50.8 Å². The highest BCUT2D eigenvalue weighted by molar-refractivity contribution is 5.42. The highest BCUT2D eigenvalue weighted by Crippen LogP contribution is 2.32. The maximum atomic E-state index is 6.87. The van der Waals surface area contributed by atoms with Crippen LogP contribution >= 0.6 is 0 Å². The summed E-state index contributed by atoms with van der Waals surface area (Å²) >= 11 is 0. The lowest BCUT2D eigenvalue weighted by atomic mass is 9.93. The Kier molecular flexibility index (Phi) is 11.0. The van der Waals surface area contributed by atoms with Crippen LogP contribution in [0, 0.1) is 0 Å². The van der Waals surface area contributed by atoms with E-state index in [0.29, 0.717) is 39.6 Å². The molecule has 0 saturated carbocycles. The largest absolute Gasteiger partial charge is 0.375 e. The first-order valence-electron chi connectivity index (χ1n) is 15.6. The Bertz CT molecular complexity index is 1520. The molecule has 2 heterocycles. The Morgan fingerprint density at radius 1 is 0.511 bits per heavy atom. The third-order valence-electron chi connectivity index (χ3n) is 8.07. The van der Waals surface area contributed by atoms with Crippen LogP contribution in [-0.2, 0) is 45.4 Å². The summed E-state index contributed by atoms with van der Waals surface area (Å²) in [5.74, 6) is 0.856. The highest BCUT2D eigenvalue weighted by atomic mass is 16.6. The van der Waals surface area contributed by atoms with Gasteiger partial charge in [-0.3, -0.25) is 0 Å². The third kappa shape index (κ3) is 8.65. The summed E-state index contributed by atoms with van der Waals surface area (Å²) in [6, 6.07) is 46.9. The summed E-state index contributed by atoms with van der Waals surface area (Å²) in [5.41, 5.74) is 4.43. The monoisotopic (exact) mass is 600 g/mol. The van der Waals surface area contributed by atoms with Gasteiger partial charge in [-0.25, -0.2) is 4.98 Å². The number of nitrogens with zero attached hydrogens (tertiary/aromatic N) is 2. The Hall–Kier alpha value is -4.33. The van der Waals surface area contributed by atoms with E-state index < -0.39 is 0 Å². The first-order valence-corrected chi connectivity index (χ1v) is 15.6. The number of piperidine rings is 1. The fourth-order valence-corrected chi connectivity index (χ4v) is 5.75. The van der Waals surface area contributed by atoms with Crippen molar-refractivity contribution in [3.05, 3.63) is 168 Å². The lowest BCUT2D eigenvalue weighted by Crippen LogP contribution is -2.65. The number of hydrogen-bond donors (Lipinski definition) is 0. The first kappa shape index (κ1) is 30.7. The van der Waals surface area contributed by atoms with Crippen molar-refractivity contribution >= 4 is 5.82 Å². The van der Waals surface area contributed by atoms with Crippen LogP contribution in [-0.4, -0.2) is 42.5 Å². The lowest BCUT2D eigenvalue weighted by molar-refractivity contribution is -0.174. The molecule has 0 N–H and O–H groups in total. The summed E-state index contributed by atoms with van der Waals surface area (Å²) in [5, 5.41) is 0. The summed E-state index contributed by atoms with van der Waals surface area (Å²) in [7, 11) is 0. The molecule has 0 radical (unpaired) electrons. The molecule has 1 aromatic heterocycles. The van der Waals surface area contributed by atoms with Gasteiger partial charge in [0, 0.05) is 12.7 Å². The molecule has 1 saturated heterocycles. The molecule has 0 amide bonds. The van der Waals surface area contributed by atoms with Crippen molar-refractivity contribution in [2.75, 3.05) is 18.1 Å². The predicted molar refractivity (Wildman–Crippen MR) is 177 cm³/mol. The molecule has 6 nitrogen and oxygen atoms in total. The molecule has 0 spiro atoms. The van der Waals surface area contributed by atoms with Crippen molar-refractivity contribution in [3.8, 4) is 0 Å². The summed E-state index contributed by atoms with van der Waals surface area (Å²) in [6.07, 6.45) is 0.806. The number of hydrogen-bond acceptors (Lipinski definition) is 6. The minimum absolute atomic E-state index is 0.176. The Balaban J connectivity index is 1.32. The van der Waals surface area contributed by atoms with E-state index in [9.17, 15) is 0 Å². The second kappa shape index (κ2) is 16.1. The fraction of sp³-hybridized carbons (Fsp3) is 0.256. The molecule has 45 heavy (non-hydrogen) atoms. The average molecular weight is 601 g/mol. The van der Waals surface area contributed by atoms with E-state index in [1.54, 1.807) is 0 Å². The van der Waals surface area contributed by atoms with Gasteiger partial charge in [0.05, 0.1) is 39.1 Å². The van der Waals surface area contributed by atoms with Crippen molar-refractivity contribution in [1.82, 2.24) is 4.98 Å². The molecule has 1 aliphatic rings. The molecule has 6 heteroatoms. The van der Waals surface area contributed by atoms with E-state index in [4.69, 9.17) is 23.9 Å². The van der Waals surface area contributed by atoms with E-state index >= 15 is 0 Å². The molecule has 0 bridgehead atoms. The summed E-state index contributed by atoms with van der Waals surface area (Å²) in [4.78, 5) is 7.04.